The fourth-order valence-corrected chi connectivity index (χ4v) is 3.99. The van der Waals surface area contributed by atoms with Crippen LogP contribution in [-0.4, -0.2) is 22.1 Å². The maximum absolute atomic E-state index is 12.8. The molecule has 0 saturated heterocycles. The number of nitrogens with zero attached hydrogens (tertiary/aromatic N) is 2. The van der Waals surface area contributed by atoms with Gasteiger partial charge in [0.2, 0.25) is 0 Å². The van der Waals surface area contributed by atoms with Crippen molar-refractivity contribution in [1.29, 1.82) is 0 Å². The lowest BCUT2D eigenvalue weighted by Crippen LogP contribution is -2.04. The third-order valence-corrected chi connectivity index (χ3v) is 6.22. The number of rotatable bonds is 6. The fourth-order valence-electron chi connectivity index (χ4n) is 2.68. The first kappa shape index (κ1) is 21.7. The molecule has 5 nitrogen and oxygen atoms in total. The van der Waals surface area contributed by atoms with E-state index in [0.29, 0.717) is 21.2 Å². The van der Waals surface area contributed by atoms with E-state index in [2.05, 4.69) is 9.52 Å². The van der Waals surface area contributed by atoms with E-state index in [1.54, 1.807) is 54.6 Å². The van der Waals surface area contributed by atoms with Crippen molar-refractivity contribution < 1.29 is 13.8 Å². The van der Waals surface area contributed by atoms with E-state index in [4.69, 9.17) is 16.4 Å². The smallest absolute Gasteiger partial charge is 0.285 e. The lowest BCUT2D eigenvalue weighted by Gasteiger charge is -2.06. The van der Waals surface area contributed by atoms with Gasteiger partial charge in [-0.2, -0.15) is 4.36 Å². The number of carbonyl (C=O) groups is 1. The van der Waals surface area contributed by atoms with Crippen molar-refractivity contribution in [2.45, 2.75) is 18.4 Å². The molecule has 0 N–H and O–H groups in total. The summed E-state index contributed by atoms with van der Waals surface area (Å²) in [7, 11) is -2.82. The monoisotopic (exact) mass is 440 g/mol. The Balaban J connectivity index is 1.71. The number of carbonyl (C=O) groups excluding carboxylic acids is 1. The Labute approximate surface area is 181 Å². The lowest BCUT2D eigenvalue weighted by molar-refractivity contribution is 0.100. The maximum atomic E-state index is 12.8. The normalized spacial score (nSPS) is 13.4. The van der Waals surface area contributed by atoms with Crippen molar-refractivity contribution >= 4 is 32.9 Å². The molecule has 0 aromatic heterocycles. The van der Waals surface area contributed by atoms with Crippen LogP contribution in [-0.2, 0) is 21.2 Å². The molecule has 3 rings (SSSR count). The molecule has 0 spiro atoms. The van der Waals surface area contributed by atoms with Crippen LogP contribution in [0.25, 0.3) is 0 Å². The quantitative estimate of drug-likeness (QED) is 0.371. The van der Waals surface area contributed by atoms with E-state index in [1.165, 1.54) is 6.26 Å². The zero-order chi connectivity index (χ0) is 21.6. The van der Waals surface area contributed by atoms with Crippen LogP contribution in [0.4, 0.5) is 0 Å². The molecular formula is C23H21ClN2O3S. The van der Waals surface area contributed by atoms with Crippen molar-refractivity contribution in [1.82, 2.24) is 0 Å². The Bertz CT molecular complexity index is 1180. The molecular weight excluding hydrogens is 420 g/mol. The van der Waals surface area contributed by atoms with Crippen LogP contribution in [0.3, 0.4) is 0 Å². The second-order valence-electron chi connectivity index (χ2n) is 6.67. The summed E-state index contributed by atoms with van der Waals surface area (Å²) < 4.78 is 16.8. The van der Waals surface area contributed by atoms with E-state index in [1.807, 2.05) is 31.2 Å². The van der Waals surface area contributed by atoms with Gasteiger partial charge in [0.25, 0.3) is 5.91 Å². The van der Waals surface area contributed by atoms with Gasteiger partial charge in [-0.05, 0) is 54.4 Å². The first-order chi connectivity index (χ1) is 14.3. The molecule has 0 aliphatic heterocycles. The molecule has 1 atom stereocenters. The highest BCUT2D eigenvalue weighted by atomic mass is 35.5. The van der Waals surface area contributed by atoms with Gasteiger partial charge in [-0.1, -0.05) is 59.2 Å². The Kier molecular flexibility index (Phi) is 7.03. The van der Waals surface area contributed by atoms with Crippen molar-refractivity contribution in [3.63, 3.8) is 0 Å². The highest BCUT2D eigenvalue weighted by molar-refractivity contribution is 7.93. The molecule has 0 bridgehead atoms. The van der Waals surface area contributed by atoms with Crippen molar-refractivity contribution in [2.24, 2.45) is 9.52 Å². The minimum Gasteiger partial charge on any atom is -0.391 e. The molecule has 1 amide bonds. The first-order valence-corrected chi connectivity index (χ1v) is 11.5. The van der Waals surface area contributed by atoms with Gasteiger partial charge in [0.1, 0.15) is 6.61 Å². The van der Waals surface area contributed by atoms with Crippen molar-refractivity contribution in [3.8, 4) is 0 Å². The molecule has 0 fully saturated rings. The summed E-state index contributed by atoms with van der Waals surface area (Å²) in [6.45, 7) is 2.02. The largest absolute Gasteiger partial charge is 0.391 e. The average Bonchev–Trinajstić information content (AvgIpc) is 2.75. The Morgan fingerprint density at radius 3 is 2.37 bits per heavy atom. The summed E-state index contributed by atoms with van der Waals surface area (Å²) in [5, 5.41) is 4.77. The fraction of sp³-hybridized carbons (Fsp3) is 0.130. The molecule has 154 valence electrons. The van der Waals surface area contributed by atoms with Crippen LogP contribution >= 0.6 is 11.6 Å². The highest BCUT2D eigenvalue weighted by Gasteiger charge is 2.11. The summed E-state index contributed by atoms with van der Waals surface area (Å²) in [6.07, 6.45) is 1.46. The third kappa shape index (κ3) is 5.78. The topological polar surface area (TPSA) is 68.1 Å². The van der Waals surface area contributed by atoms with E-state index in [-0.39, 0.29) is 6.61 Å². The number of benzene rings is 3. The maximum Gasteiger partial charge on any atom is 0.285 e. The summed E-state index contributed by atoms with van der Waals surface area (Å²) >= 11 is 5.89. The van der Waals surface area contributed by atoms with Crippen molar-refractivity contribution in [3.05, 3.63) is 101 Å². The molecule has 3 aromatic carbocycles. The Morgan fingerprint density at radius 2 is 1.67 bits per heavy atom. The van der Waals surface area contributed by atoms with E-state index >= 15 is 0 Å². The molecule has 30 heavy (non-hydrogen) atoms. The number of hydrogen-bond acceptors (Lipinski definition) is 4. The molecule has 1 unspecified atom stereocenters. The first-order valence-electron chi connectivity index (χ1n) is 9.18. The molecule has 0 aliphatic carbocycles. The molecule has 7 heteroatoms. The van der Waals surface area contributed by atoms with Crippen LogP contribution < -0.4 is 0 Å². The van der Waals surface area contributed by atoms with E-state index in [9.17, 15) is 9.00 Å². The standard InChI is InChI=1S/C23H21ClN2O3S/c1-17(19-11-13-21(24)14-12-19)25-29-16-18-7-6-8-20(15-18)23(27)26-30(2,28)22-9-4-3-5-10-22/h3-15H,16H2,1-2H3/b25-17-. The molecule has 0 aliphatic rings. The van der Waals surface area contributed by atoms with Gasteiger partial charge in [-0.3, -0.25) is 4.79 Å². The highest BCUT2D eigenvalue weighted by Crippen LogP contribution is 2.15. The van der Waals surface area contributed by atoms with Crippen LogP contribution in [0.2, 0.25) is 5.02 Å². The minimum absolute atomic E-state index is 0.187. The van der Waals surface area contributed by atoms with Gasteiger partial charge in [0.15, 0.2) is 0 Å². The predicted molar refractivity (Wildman–Crippen MR) is 120 cm³/mol. The van der Waals surface area contributed by atoms with Gasteiger partial charge >= 0.3 is 0 Å². The lowest BCUT2D eigenvalue weighted by atomic mass is 10.1. The Hall–Kier alpha value is -2.96. The van der Waals surface area contributed by atoms with Crippen LogP contribution in [0.1, 0.15) is 28.4 Å². The molecule has 0 saturated carbocycles. The number of amides is 1. The second-order valence-corrected chi connectivity index (χ2v) is 9.36. The number of hydrogen-bond donors (Lipinski definition) is 0. The summed E-state index contributed by atoms with van der Waals surface area (Å²) in [5.74, 6) is -0.533. The SMILES string of the molecule is C/C(=N/OCc1cccc(C(=O)N=S(C)(=O)c2ccccc2)c1)c1ccc(Cl)cc1. The van der Waals surface area contributed by atoms with Gasteiger partial charge in [0.05, 0.1) is 15.4 Å². The van der Waals surface area contributed by atoms with Gasteiger partial charge < -0.3 is 4.84 Å². The summed E-state index contributed by atoms with van der Waals surface area (Å²) in [6, 6.07) is 22.9. The third-order valence-electron chi connectivity index (χ3n) is 4.31. The summed E-state index contributed by atoms with van der Waals surface area (Å²) in [4.78, 5) is 18.5. The van der Waals surface area contributed by atoms with Crippen LogP contribution in [0.5, 0.6) is 0 Å². The number of halogens is 1. The predicted octanol–water partition coefficient (Wildman–Crippen LogP) is 5.58. The average molecular weight is 441 g/mol. The van der Waals surface area contributed by atoms with Crippen molar-refractivity contribution in [2.75, 3.05) is 6.26 Å². The molecule has 3 aromatic rings. The van der Waals surface area contributed by atoms with Crippen LogP contribution in [0.15, 0.2) is 93.3 Å². The van der Waals surface area contributed by atoms with Gasteiger partial charge in [-0.15, -0.1) is 0 Å². The van der Waals surface area contributed by atoms with E-state index in [0.717, 1.165) is 11.1 Å². The van der Waals surface area contributed by atoms with Crippen LogP contribution in [0, 0.1) is 0 Å². The second kappa shape index (κ2) is 9.69. The Morgan fingerprint density at radius 1 is 0.967 bits per heavy atom. The van der Waals surface area contributed by atoms with Gasteiger partial charge in [-0.25, -0.2) is 4.21 Å². The zero-order valence-corrected chi connectivity index (χ0v) is 18.2. The molecule has 0 heterocycles. The zero-order valence-electron chi connectivity index (χ0n) is 16.6. The molecule has 0 radical (unpaired) electrons. The summed E-state index contributed by atoms with van der Waals surface area (Å²) in [5.41, 5.74) is 2.72. The number of oxime groups is 1. The minimum atomic E-state index is -2.82. The van der Waals surface area contributed by atoms with E-state index < -0.39 is 15.6 Å². The van der Waals surface area contributed by atoms with Gasteiger partial charge in [0, 0.05) is 21.7 Å².